The molecular formula is C34H60N2S. The van der Waals surface area contributed by atoms with E-state index in [2.05, 4.69) is 89.4 Å². The number of aromatic nitrogens is 1. The van der Waals surface area contributed by atoms with Gasteiger partial charge < -0.3 is 9.88 Å². The summed E-state index contributed by atoms with van der Waals surface area (Å²) in [6.07, 6.45) is 21.8. The van der Waals surface area contributed by atoms with Gasteiger partial charge >= 0.3 is 0 Å². The predicted molar refractivity (Wildman–Crippen MR) is 174 cm³/mol. The van der Waals surface area contributed by atoms with Gasteiger partial charge in [-0.15, -0.1) is 0 Å². The monoisotopic (exact) mass is 528 g/mol. The van der Waals surface area contributed by atoms with Gasteiger partial charge in [0.25, 0.3) is 0 Å². The highest BCUT2D eigenvalue weighted by Gasteiger charge is 2.21. The number of hydrogen-bond acceptors (Lipinski definition) is 2. The molecule has 1 aromatic heterocycles. The van der Waals surface area contributed by atoms with Gasteiger partial charge in [-0.3, -0.25) is 0 Å². The number of nitrogens with one attached hydrogen (secondary N) is 1. The molecule has 37 heavy (non-hydrogen) atoms. The summed E-state index contributed by atoms with van der Waals surface area (Å²) in [5, 5.41) is 0. The number of H-pyrrole nitrogens is 1. The normalized spacial score (nSPS) is 14.2. The highest BCUT2D eigenvalue weighted by Crippen LogP contribution is 2.31. The molecule has 1 aliphatic rings. The van der Waals surface area contributed by atoms with E-state index in [0.717, 1.165) is 41.4 Å². The lowest BCUT2D eigenvalue weighted by molar-refractivity contribution is 0.385. The van der Waals surface area contributed by atoms with Crippen molar-refractivity contribution in [2.24, 2.45) is 11.3 Å². The molecule has 0 radical (unpaired) electrons. The summed E-state index contributed by atoms with van der Waals surface area (Å²) >= 11 is 1.75. The number of rotatable bonds is 11. The van der Waals surface area contributed by atoms with Gasteiger partial charge in [-0.1, -0.05) is 105 Å². The van der Waals surface area contributed by atoms with E-state index in [1.807, 2.05) is 18.7 Å². The smallest absolute Gasteiger partial charge is 0.118 e. The largest absolute Gasteiger partial charge is 0.334 e. The van der Waals surface area contributed by atoms with Gasteiger partial charge in [-0.25, -0.2) is 0 Å². The number of allylic oxidation sites excluding steroid dienone is 1. The summed E-state index contributed by atoms with van der Waals surface area (Å²) in [5.41, 5.74) is 3.18. The number of thioether (sulfide) groups is 1. The van der Waals surface area contributed by atoms with Gasteiger partial charge in [0, 0.05) is 17.0 Å². The molecule has 0 spiro atoms. The Bertz CT molecular complexity index is 802. The van der Waals surface area contributed by atoms with E-state index in [1.165, 1.54) is 64.2 Å². The second kappa shape index (κ2) is 20.4. The maximum absolute atomic E-state index is 4.19. The van der Waals surface area contributed by atoms with Crippen LogP contribution in [0.1, 0.15) is 137 Å². The van der Waals surface area contributed by atoms with E-state index in [4.69, 9.17) is 0 Å². The molecule has 2 nitrogen and oxygen atoms in total. The minimum Gasteiger partial charge on any atom is -0.334 e. The van der Waals surface area contributed by atoms with Gasteiger partial charge in [-0.05, 0) is 82.2 Å². The molecule has 2 rings (SSSR count). The molecule has 212 valence electrons. The number of aromatic amines is 1. The third kappa shape index (κ3) is 14.8. The summed E-state index contributed by atoms with van der Waals surface area (Å²) < 4.78 is 0. The Morgan fingerprint density at radius 3 is 2.19 bits per heavy atom. The van der Waals surface area contributed by atoms with Crippen molar-refractivity contribution in [3.8, 4) is 11.8 Å². The van der Waals surface area contributed by atoms with Crippen LogP contribution in [0.2, 0.25) is 0 Å². The van der Waals surface area contributed by atoms with Crippen LogP contribution in [0, 0.1) is 23.2 Å². The van der Waals surface area contributed by atoms with Crippen molar-refractivity contribution in [3.05, 3.63) is 36.7 Å². The molecule has 1 aliphatic carbocycles. The second-order valence-electron chi connectivity index (χ2n) is 11.4. The van der Waals surface area contributed by atoms with E-state index < -0.39 is 0 Å². The van der Waals surface area contributed by atoms with Crippen LogP contribution >= 0.6 is 11.8 Å². The lowest BCUT2D eigenvalue weighted by Gasteiger charge is -2.30. The Balaban J connectivity index is 0.00000108. The van der Waals surface area contributed by atoms with Crippen LogP contribution in [0.4, 0.5) is 5.82 Å². The van der Waals surface area contributed by atoms with Gasteiger partial charge in [0.15, 0.2) is 0 Å². The predicted octanol–water partition coefficient (Wildman–Crippen LogP) is 11.1. The highest BCUT2D eigenvalue weighted by atomic mass is 32.2. The van der Waals surface area contributed by atoms with Crippen LogP contribution in [-0.2, 0) is 0 Å². The van der Waals surface area contributed by atoms with Crippen LogP contribution in [0.3, 0.4) is 0 Å². The summed E-state index contributed by atoms with van der Waals surface area (Å²) in [4.78, 5) is 5.88. The molecular weight excluding hydrogens is 468 g/mol. The molecule has 3 heteroatoms. The number of hydrogen-bond donors (Lipinski definition) is 1. The summed E-state index contributed by atoms with van der Waals surface area (Å²) in [5.74, 6) is 8.87. The molecule has 1 unspecified atom stereocenters. The number of anilines is 1. The quantitative estimate of drug-likeness (QED) is 0.227. The standard InChI is InChI=1S/C25H40N2.C7H14.C2H6S/c1-9-13-14-16-22(15-10-2)27(12-4)24-23(20(5)6)19-21(26-24)17-18-25(7,8)11-3;1-7-5-3-2-4-6-7;1-3-2/h12,19,22,26H,4-5,9-11,13-16H2,1-3,6-8H3;7H,2-6H2,1H3;1-2H3. The minimum absolute atomic E-state index is 0.0255. The Labute approximate surface area is 236 Å². The van der Waals surface area contributed by atoms with E-state index in [9.17, 15) is 0 Å². The molecule has 0 bridgehead atoms. The lowest BCUT2D eigenvalue weighted by atomic mass is 9.91. The fourth-order valence-corrected chi connectivity index (χ4v) is 4.48. The Morgan fingerprint density at radius 1 is 1.14 bits per heavy atom. The second-order valence-corrected chi connectivity index (χ2v) is 12.2. The summed E-state index contributed by atoms with van der Waals surface area (Å²) in [7, 11) is 0. The van der Waals surface area contributed by atoms with E-state index >= 15 is 0 Å². The first-order valence-electron chi connectivity index (χ1n) is 14.8. The van der Waals surface area contributed by atoms with Gasteiger partial charge in [-0.2, -0.15) is 11.8 Å². The molecule has 1 heterocycles. The average Bonchev–Trinajstić information content (AvgIpc) is 3.29. The molecule has 0 saturated heterocycles. The maximum Gasteiger partial charge on any atom is 0.118 e. The summed E-state index contributed by atoms with van der Waals surface area (Å²) in [6, 6.07) is 2.60. The van der Waals surface area contributed by atoms with Crippen LogP contribution < -0.4 is 4.90 Å². The zero-order chi connectivity index (χ0) is 28.3. The molecule has 1 saturated carbocycles. The topological polar surface area (TPSA) is 19.0 Å². The van der Waals surface area contributed by atoms with Crippen molar-refractivity contribution in [1.82, 2.24) is 4.98 Å². The lowest BCUT2D eigenvalue weighted by Crippen LogP contribution is -2.31. The molecule has 0 aromatic carbocycles. The zero-order valence-corrected chi connectivity index (χ0v) is 26.9. The number of unbranched alkanes of at least 4 members (excludes halogenated alkanes) is 2. The van der Waals surface area contributed by atoms with Crippen molar-refractivity contribution >= 4 is 23.2 Å². The minimum atomic E-state index is 0.0255. The average molecular weight is 529 g/mol. The van der Waals surface area contributed by atoms with Gasteiger partial charge in [0.05, 0.1) is 5.69 Å². The van der Waals surface area contributed by atoms with Crippen molar-refractivity contribution in [2.45, 2.75) is 132 Å². The third-order valence-corrected chi connectivity index (χ3v) is 7.18. The SMILES string of the molecule is C=CN(c1[nH]c(C#CC(C)(C)CC)cc1C(=C)C)C(CCC)CCCCC.CC1CCCCC1.CSC. The molecule has 1 fully saturated rings. The van der Waals surface area contributed by atoms with Crippen molar-refractivity contribution in [1.29, 1.82) is 0 Å². The molecule has 1 N–H and O–H groups in total. The molecule has 1 atom stereocenters. The van der Waals surface area contributed by atoms with Crippen LogP contribution in [-0.4, -0.2) is 23.5 Å². The first-order chi connectivity index (χ1) is 17.6. The van der Waals surface area contributed by atoms with E-state index in [1.54, 1.807) is 11.8 Å². The zero-order valence-electron chi connectivity index (χ0n) is 26.1. The highest BCUT2D eigenvalue weighted by molar-refractivity contribution is 7.97. The van der Waals surface area contributed by atoms with Crippen molar-refractivity contribution in [2.75, 3.05) is 17.4 Å². The van der Waals surface area contributed by atoms with Crippen molar-refractivity contribution < 1.29 is 0 Å². The molecule has 0 aliphatic heterocycles. The Morgan fingerprint density at radius 2 is 1.76 bits per heavy atom. The van der Waals surface area contributed by atoms with Crippen molar-refractivity contribution in [3.63, 3.8) is 0 Å². The third-order valence-electron chi connectivity index (χ3n) is 7.18. The van der Waals surface area contributed by atoms with Gasteiger partial charge in [0.2, 0.25) is 0 Å². The number of nitrogens with zero attached hydrogens (tertiary/aromatic N) is 1. The Hall–Kier alpha value is -1.53. The van der Waals surface area contributed by atoms with E-state index in [0.29, 0.717) is 6.04 Å². The fraction of sp³-hybridized carbons (Fsp3) is 0.706. The molecule has 1 aromatic rings. The molecule has 0 amide bonds. The first-order valence-corrected chi connectivity index (χ1v) is 16.5. The van der Waals surface area contributed by atoms with E-state index in [-0.39, 0.29) is 5.41 Å². The van der Waals surface area contributed by atoms with Crippen LogP contribution in [0.25, 0.3) is 5.57 Å². The maximum atomic E-state index is 4.19. The summed E-state index contributed by atoms with van der Waals surface area (Å²) in [6.45, 7) is 23.8. The Kier molecular flexibility index (Phi) is 19.6. The first kappa shape index (κ1) is 35.5. The van der Waals surface area contributed by atoms with Crippen LogP contribution in [0.5, 0.6) is 0 Å². The van der Waals surface area contributed by atoms with Gasteiger partial charge in [0.1, 0.15) is 5.82 Å². The fourth-order valence-electron chi connectivity index (χ4n) is 4.48. The van der Waals surface area contributed by atoms with Crippen LogP contribution in [0.15, 0.2) is 25.4 Å².